The summed E-state index contributed by atoms with van der Waals surface area (Å²) >= 11 is 0. The lowest BCUT2D eigenvalue weighted by atomic mass is 10.4. The molecule has 0 aliphatic carbocycles. The zero-order valence-corrected chi connectivity index (χ0v) is 8.51. The van der Waals surface area contributed by atoms with Crippen LogP contribution in [0, 0.1) is 0 Å². The number of nitrogens with zero attached hydrogens (tertiary/aromatic N) is 4. The topological polar surface area (TPSA) is 33.4 Å². The van der Waals surface area contributed by atoms with Crippen molar-refractivity contribution in [2.45, 2.75) is 6.42 Å². The predicted molar refractivity (Wildman–Crippen MR) is 55.2 cm³/mol. The van der Waals surface area contributed by atoms with Crippen LogP contribution >= 0.6 is 0 Å². The van der Waals surface area contributed by atoms with Crippen LogP contribution in [0.4, 0.5) is 0 Å². The van der Waals surface area contributed by atoms with E-state index >= 15 is 0 Å². The number of rotatable bonds is 3. The van der Waals surface area contributed by atoms with Gasteiger partial charge >= 0.3 is 0 Å². The summed E-state index contributed by atoms with van der Waals surface area (Å²) in [5.74, 6) is 1.02. The molecule has 0 saturated heterocycles. The largest absolute Gasteiger partial charge is 0.309 e. The summed E-state index contributed by atoms with van der Waals surface area (Å²) in [4.78, 5) is 2.14. The summed E-state index contributed by atoms with van der Waals surface area (Å²) in [6.45, 7) is 0.996. The van der Waals surface area contributed by atoms with Crippen molar-refractivity contribution in [2.24, 2.45) is 0 Å². The molecule has 14 heavy (non-hydrogen) atoms. The fourth-order valence-corrected chi connectivity index (χ4v) is 1.39. The molecule has 0 aliphatic heterocycles. The van der Waals surface area contributed by atoms with Gasteiger partial charge in [-0.15, -0.1) is 10.2 Å². The first-order valence-corrected chi connectivity index (χ1v) is 4.71. The fraction of sp³-hybridized carbons (Fsp3) is 0.400. The van der Waals surface area contributed by atoms with E-state index in [4.69, 9.17) is 0 Å². The Labute approximate surface area is 83.2 Å². The lowest BCUT2D eigenvalue weighted by Gasteiger charge is -2.07. The molecule has 2 aromatic rings. The van der Waals surface area contributed by atoms with Crippen molar-refractivity contribution in [1.82, 2.24) is 19.5 Å². The second-order valence-corrected chi connectivity index (χ2v) is 3.60. The van der Waals surface area contributed by atoms with Gasteiger partial charge < -0.3 is 4.90 Å². The summed E-state index contributed by atoms with van der Waals surface area (Å²) in [6.07, 6.45) is 2.93. The normalized spacial score (nSPS) is 11.4. The number of likely N-dealkylation sites (N-methyl/N-ethyl adjacent to an activating group) is 1. The number of aromatic nitrogens is 3. The second-order valence-electron chi connectivity index (χ2n) is 3.60. The molecule has 0 atom stereocenters. The van der Waals surface area contributed by atoms with Crippen molar-refractivity contribution in [3.8, 4) is 0 Å². The molecule has 0 radical (unpaired) electrons. The standard InChI is InChI=1S/C10H14N4/c1-13(2)8-6-10-12-11-9-5-3-4-7-14(9)10/h3-5,7H,6,8H2,1-2H3. The first kappa shape index (κ1) is 9.15. The molecular formula is C10H14N4. The van der Waals surface area contributed by atoms with Crippen molar-refractivity contribution in [2.75, 3.05) is 20.6 Å². The van der Waals surface area contributed by atoms with Crippen molar-refractivity contribution in [3.05, 3.63) is 30.2 Å². The smallest absolute Gasteiger partial charge is 0.160 e. The number of fused-ring (bicyclic) bond motifs is 1. The molecule has 0 N–H and O–H groups in total. The third-order valence-electron chi connectivity index (χ3n) is 2.17. The van der Waals surface area contributed by atoms with Crippen molar-refractivity contribution in [1.29, 1.82) is 0 Å². The summed E-state index contributed by atoms with van der Waals surface area (Å²) in [5, 5.41) is 8.24. The molecule has 0 bridgehead atoms. The molecule has 0 saturated carbocycles. The van der Waals surface area contributed by atoms with Crippen LogP contribution in [0.2, 0.25) is 0 Å². The highest BCUT2D eigenvalue weighted by Gasteiger charge is 2.03. The third kappa shape index (κ3) is 1.75. The van der Waals surface area contributed by atoms with Crippen LogP contribution in [-0.4, -0.2) is 40.1 Å². The third-order valence-corrected chi connectivity index (χ3v) is 2.17. The summed E-state index contributed by atoms with van der Waals surface area (Å²) in [5.41, 5.74) is 0.918. The average Bonchev–Trinajstić information content (AvgIpc) is 2.58. The Morgan fingerprint density at radius 1 is 1.29 bits per heavy atom. The van der Waals surface area contributed by atoms with Gasteiger partial charge in [0.25, 0.3) is 0 Å². The maximum Gasteiger partial charge on any atom is 0.160 e. The van der Waals surface area contributed by atoms with Gasteiger partial charge in [0.2, 0.25) is 0 Å². The molecule has 0 aromatic carbocycles. The maximum atomic E-state index is 4.15. The molecular weight excluding hydrogens is 176 g/mol. The first-order valence-electron chi connectivity index (χ1n) is 4.71. The molecule has 0 amide bonds. The van der Waals surface area contributed by atoms with Crippen LogP contribution in [-0.2, 0) is 6.42 Å². The van der Waals surface area contributed by atoms with Gasteiger partial charge in [-0.3, -0.25) is 4.40 Å². The minimum Gasteiger partial charge on any atom is -0.309 e. The molecule has 2 aromatic heterocycles. The molecule has 2 heterocycles. The van der Waals surface area contributed by atoms with E-state index in [1.165, 1.54) is 0 Å². The Kier molecular flexibility index (Phi) is 2.45. The Hall–Kier alpha value is -1.42. The van der Waals surface area contributed by atoms with Crippen molar-refractivity contribution in [3.63, 3.8) is 0 Å². The van der Waals surface area contributed by atoms with E-state index < -0.39 is 0 Å². The summed E-state index contributed by atoms with van der Waals surface area (Å²) in [7, 11) is 4.12. The van der Waals surface area contributed by atoms with Crippen LogP contribution in [0.25, 0.3) is 5.65 Å². The quantitative estimate of drug-likeness (QED) is 0.719. The zero-order chi connectivity index (χ0) is 9.97. The molecule has 2 rings (SSSR count). The van der Waals surface area contributed by atoms with E-state index in [-0.39, 0.29) is 0 Å². The maximum absolute atomic E-state index is 4.15. The predicted octanol–water partition coefficient (Wildman–Crippen LogP) is 0.833. The van der Waals surface area contributed by atoms with E-state index in [9.17, 15) is 0 Å². The Bertz CT molecular complexity index is 419. The average molecular weight is 190 g/mol. The minimum absolute atomic E-state index is 0.918. The zero-order valence-electron chi connectivity index (χ0n) is 8.51. The number of hydrogen-bond donors (Lipinski definition) is 0. The molecule has 4 nitrogen and oxygen atoms in total. The van der Waals surface area contributed by atoms with E-state index in [1.807, 2.05) is 28.8 Å². The summed E-state index contributed by atoms with van der Waals surface area (Å²) in [6, 6.07) is 5.93. The van der Waals surface area contributed by atoms with Crippen LogP contribution in [0.3, 0.4) is 0 Å². The first-order chi connectivity index (χ1) is 6.77. The summed E-state index contributed by atoms with van der Waals surface area (Å²) < 4.78 is 2.03. The number of hydrogen-bond acceptors (Lipinski definition) is 3. The molecule has 0 unspecified atom stereocenters. The Morgan fingerprint density at radius 3 is 2.93 bits per heavy atom. The molecule has 0 fully saturated rings. The van der Waals surface area contributed by atoms with Gasteiger partial charge in [-0.25, -0.2) is 0 Å². The second kappa shape index (κ2) is 3.75. The van der Waals surface area contributed by atoms with Crippen LogP contribution in [0.1, 0.15) is 5.82 Å². The highest BCUT2D eigenvalue weighted by molar-refractivity contribution is 5.36. The van der Waals surface area contributed by atoms with Crippen molar-refractivity contribution >= 4 is 5.65 Å². The van der Waals surface area contributed by atoms with Gasteiger partial charge in [-0.2, -0.15) is 0 Å². The van der Waals surface area contributed by atoms with Crippen LogP contribution in [0.5, 0.6) is 0 Å². The van der Waals surface area contributed by atoms with E-state index in [0.29, 0.717) is 0 Å². The highest BCUT2D eigenvalue weighted by atomic mass is 15.2. The molecule has 74 valence electrons. The Morgan fingerprint density at radius 2 is 2.14 bits per heavy atom. The monoisotopic (exact) mass is 190 g/mol. The van der Waals surface area contributed by atoms with Crippen molar-refractivity contribution < 1.29 is 0 Å². The Balaban J connectivity index is 2.25. The molecule has 0 spiro atoms. The lowest BCUT2D eigenvalue weighted by molar-refractivity contribution is 0.409. The minimum atomic E-state index is 0.918. The van der Waals surface area contributed by atoms with E-state index in [2.05, 4.69) is 29.2 Å². The van der Waals surface area contributed by atoms with Gasteiger partial charge in [0, 0.05) is 19.2 Å². The van der Waals surface area contributed by atoms with E-state index in [0.717, 1.165) is 24.4 Å². The fourth-order valence-electron chi connectivity index (χ4n) is 1.39. The van der Waals surface area contributed by atoms with Gasteiger partial charge in [0.15, 0.2) is 5.65 Å². The highest BCUT2D eigenvalue weighted by Crippen LogP contribution is 2.03. The molecule has 4 heteroatoms. The van der Waals surface area contributed by atoms with Gasteiger partial charge in [0.05, 0.1) is 0 Å². The lowest BCUT2D eigenvalue weighted by Crippen LogP contribution is -2.16. The van der Waals surface area contributed by atoms with Gasteiger partial charge in [0.1, 0.15) is 5.82 Å². The van der Waals surface area contributed by atoms with Gasteiger partial charge in [-0.05, 0) is 26.2 Å². The molecule has 0 aliphatic rings. The van der Waals surface area contributed by atoms with Gasteiger partial charge in [-0.1, -0.05) is 6.07 Å². The number of pyridine rings is 1. The van der Waals surface area contributed by atoms with E-state index in [1.54, 1.807) is 0 Å². The van der Waals surface area contributed by atoms with Crippen LogP contribution in [0.15, 0.2) is 24.4 Å². The SMILES string of the molecule is CN(C)CCc1nnc2ccccn12. The van der Waals surface area contributed by atoms with Crippen LogP contribution < -0.4 is 0 Å².